The van der Waals surface area contributed by atoms with Crippen LogP contribution >= 0.6 is 22.9 Å². The number of halogens is 1. The van der Waals surface area contributed by atoms with Gasteiger partial charge in [0.05, 0.1) is 6.21 Å². The molecule has 1 heterocycles. The van der Waals surface area contributed by atoms with Crippen molar-refractivity contribution in [3.05, 3.63) is 50.7 Å². The molecular formula is C15H15ClN2O2S. The van der Waals surface area contributed by atoms with Gasteiger partial charge in [-0.3, -0.25) is 4.79 Å². The van der Waals surface area contributed by atoms with Crippen molar-refractivity contribution in [1.82, 2.24) is 5.43 Å². The van der Waals surface area contributed by atoms with E-state index in [1.54, 1.807) is 35.8 Å². The fraction of sp³-hybridized carbons (Fsp3) is 0.200. The maximum absolute atomic E-state index is 11.6. The number of rotatable bonds is 5. The third-order valence-electron chi connectivity index (χ3n) is 2.77. The van der Waals surface area contributed by atoms with E-state index in [0.29, 0.717) is 10.8 Å². The zero-order valence-corrected chi connectivity index (χ0v) is 13.3. The summed E-state index contributed by atoms with van der Waals surface area (Å²) < 4.78 is 5.37. The van der Waals surface area contributed by atoms with Gasteiger partial charge in [-0.05, 0) is 54.6 Å². The van der Waals surface area contributed by atoms with Crippen LogP contribution in [0.2, 0.25) is 5.02 Å². The van der Waals surface area contributed by atoms with Crippen molar-refractivity contribution in [2.24, 2.45) is 5.10 Å². The molecule has 1 amide bonds. The molecule has 0 aliphatic rings. The number of hydrazone groups is 1. The monoisotopic (exact) mass is 322 g/mol. The first-order valence-corrected chi connectivity index (χ1v) is 7.57. The fourth-order valence-electron chi connectivity index (χ4n) is 1.57. The number of hydrogen-bond donors (Lipinski definition) is 1. The molecule has 0 radical (unpaired) electrons. The van der Waals surface area contributed by atoms with Gasteiger partial charge in [0.15, 0.2) is 6.61 Å². The predicted molar refractivity (Wildman–Crippen MR) is 86.5 cm³/mol. The van der Waals surface area contributed by atoms with Crippen molar-refractivity contribution >= 4 is 35.1 Å². The van der Waals surface area contributed by atoms with Crippen molar-refractivity contribution in [2.75, 3.05) is 6.61 Å². The molecule has 110 valence electrons. The molecule has 4 nitrogen and oxygen atoms in total. The lowest BCUT2D eigenvalue weighted by Gasteiger charge is -2.06. The molecule has 0 saturated heterocycles. The van der Waals surface area contributed by atoms with E-state index in [9.17, 15) is 4.79 Å². The highest BCUT2D eigenvalue weighted by atomic mass is 35.5. The van der Waals surface area contributed by atoms with Crippen LogP contribution < -0.4 is 10.2 Å². The zero-order chi connectivity index (χ0) is 15.2. The van der Waals surface area contributed by atoms with Crippen LogP contribution in [-0.4, -0.2) is 18.7 Å². The van der Waals surface area contributed by atoms with E-state index in [1.807, 2.05) is 25.3 Å². The Labute approximate surface area is 132 Å². The summed E-state index contributed by atoms with van der Waals surface area (Å²) in [6.07, 6.45) is 1.63. The van der Waals surface area contributed by atoms with E-state index in [0.717, 1.165) is 16.0 Å². The van der Waals surface area contributed by atoms with Gasteiger partial charge in [-0.15, -0.1) is 11.3 Å². The Morgan fingerprint density at radius 1 is 1.38 bits per heavy atom. The highest BCUT2D eigenvalue weighted by Crippen LogP contribution is 2.20. The lowest BCUT2D eigenvalue weighted by Crippen LogP contribution is -2.24. The van der Waals surface area contributed by atoms with Gasteiger partial charge in [-0.1, -0.05) is 11.6 Å². The van der Waals surface area contributed by atoms with Gasteiger partial charge >= 0.3 is 0 Å². The molecule has 0 aliphatic heterocycles. The van der Waals surface area contributed by atoms with E-state index < -0.39 is 0 Å². The number of carbonyl (C=O) groups is 1. The summed E-state index contributed by atoms with van der Waals surface area (Å²) in [6.45, 7) is 3.77. The minimum absolute atomic E-state index is 0.0954. The first kappa shape index (κ1) is 15.5. The average molecular weight is 323 g/mol. The Morgan fingerprint density at radius 2 is 2.19 bits per heavy atom. The number of amides is 1. The van der Waals surface area contributed by atoms with Crippen LogP contribution in [0.25, 0.3) is 0 Å². The number of nitrogens with zero attached hydrogens (tertiary/aromatic N) is 1. The number of ether oxygens (including phenoxy) is 1. The summed E-state index contributed by atoms with van der Waals surface area (Å²) in [5, 5.41) is 6.55. The van der Waals surface area contributed by atoms with E-state index >= 15 is 0 Å². The largest absolute Gasteiger partial charge is 0.484 e. The number of thiophene rings is 1. The zero-order valence-electron chi connectivity index (χ0n) is 11.7. The van der Waals surface area contributed by atoms with Gasteiger partial charge in [0.1, 0.15) is 5.75 Å². The molecule has 0 aliphatic carbocycles. The predicted octanol–water partition coefficient (Wildman–Crippen LogP) is 3.55. The lowest BCUT2D eigenvalue weighted by atomic mass is 10.2. The third-order valence-corrected chi connectivity index (χ3v) is 4.15. The molecule has 0 bridgehead atoms. The first-order valence-electron chi connectivity index (χ1n) is 6.31. The Balaban J connectivity index is 1.81. The van der Waals surface area contributed by atoms with Crippen LogP contribution in [0.1, 0.15) is 16.0 Å². The topological polar surface area (TPSA) is 50.7 Å². The summed E-state index contributed by atoms with van der Waals surface area (Å²) in [7, 11) is 0. The fourth-order valence-corrected chi connectivity index (χ4v) is 2.47. The molecule has 1 aromatic heterocycles. The first-order chi connectivity index (χ1) is 10.1. The molecule has 21 heavy (non-hydrogen) atoms. The van der Waals surface area contributed by atoms with E-state index in [2.05, 4.69) is 10.5 Å². The second-order valence-electron chi connectivity index (χ2n) is 4.46. The van der Waals surface area contributed by atoms with E-state index in [4.69, 9.17) is 16.3 Å². The maximum Gasteiger partial charge on any atom is 0.277 e. The van der Waals surface area contributed by atoms with Crippen LogP contribution in [-0.2, 0) is 4.79 Å². The van der Waals surface area contributed by atoms with Gasteiger partial charge in [-0.25, -0.2) is 5.43 Å². The van der Waals surface area contributed by atoms with Crippen molar-refractivity contribution in [3.63, 3.8) is 0 Å². The Bertz CT molecular complexity index is 667. The van der Waals surface area contributed by atoms with Crippen molar-refractivity contribution < 1.29 is 9.53 Å². The van der Waals surface area contributed by atoms with Crippen molar-refractivity contribution in [2.45, 2.75) is 13.8 Å². The minimum atomic E-state index is -0.312. The molecule has 2 aromatic rings. The molecule has 0 unspecified atom stereocenters. The molecule has 1 aromatic carbocycles. The normalized spacial score (nSPS) is 10.8. The van der Waals surface area contributed by atoms with Crippen LogP contribution in [0, 0.1) is 13.8 Å². The molecule has 1 N–H and O–H groups in total. The quantitative estimate of drug-likeness (QED) is 0.676. The van der Waals surface area contributed by atoms with Gasteiger partial charge in [0, 0.05) is 9.90 Å². The Morgan fingerprint density at radius 3 is 2.86 bits per heavy atom. The highest BCUT2D eigenvalue weighted by molar-refractivity contribution is 7.11. The summed E-state index contributed by atoms with van der Waals surface area (Å²) in [5.74, 6) is 0.290. The lowest BCUT2D eigenvalue weighted by molar-refractivity contribution is -0.123. The summed E-state index contributed by atoms with van der Waals surface area (Å²) >= 11 is 7.49. The standard InChI is InChI=1S/C15H15ClN2O2S/c1-10-5-6-21-14(10)8-17-18-15(19)9-20-12-3-4-13(16)11(2)7-12/h3-8H,9H2,1-2H3,(H,18,19)/b17-8-. The summed E-state index contributed by atoms with van der Waals surface area (Å²) in [5.41, 5.74) is 4.46. The van der Waals surface area contributed by atoms with Gasteiger partial charge in [0.2, 0.25) is 0 Å². The molecule has 0 fully saturated rings. The van der Waals surface area contributed by atoms with E-state index in [1.165, 1.54) is 0 Å². The van der Waals surface area contributed by atoms with Gasteiger partial charge < -0.3 is 4.74 Å². The third kappa shape index (κ3) is 4.58. The summed E-state index contributed by atoms with van der Waals surface area (Å²) in [6, 6.07) is 7.25. The second kappa shape index (κ2) is 7.24. The molecule has 2 rings (SSSR count). The molecule has 0 atom stereocenters. The van der Waals surface area contributed by atoms with Gasteiger partial charge in [0.25, 0.3) is 5.91 Å². The SMILES string of the molecule is Cc1cc(OCC(=O)N/N=C\c2sccc2C)ccc1Cl. The van der Waals surface area contributed by atoms with E-state index in [-0.39, 0.29) is 12.5 Å². The van der Waals surface area contributed by atoms with Crippen LogP contribution in [0.3, 0.4) is 0 Å². The van der Waals surface area contributed by atoms with Crippen molar-refractivity contribution in [1.29, 1.82) is 0 Å². The Hall–Kier alpha value is -1.85. The average Bonchev–Trinajstić information content (AvgIpc) is 2.86. The van der Waals surface area contributed by atoms with Crippen molar-refractivity contribution in [3.8, 4) is 5.75 Å². The maximum atomic E-state index is 11.6. The Kier molecular flexibility index (Phi) is 5.36. The molecular weight excluding hydrogens is 308 g/mol. The number of hydrogen-bond acceptors (Lipinski definition) is 4. The van der Waals surface area contributed by atoms with Crippen LogP contribution in [0.15, 0.2) is 34.7 Å². The number of nitrogens with one attached hydrogen (secondary N) is 1. The molecule has 6 heteroatoms. The molecule has 0 spiro atoms. The number of benzene rings is 1. The molecule has 0 saturated carbocycles. The van der Waals surface area contributed by atoms with Gasteiger partial charge in [-0.2, -0.15) is 5.10 Å². The highest BCUT2D eigenvalue weighted by Gasteiger charge is 2.03. The summed E-state index contributed by atoms with van der Waals surface area (Å²) in [4.78, 5) is 12.6. The smallest absolute Gasteiger partial charge is 0.277 e. The number of aryl methyl sites for hydroxylation is 2. The van der Waals surface area contributed by atoms with Crippen LogP contribution in [0.4, 0.5) is 0 Å². The minimum Gasteiger partial charge on any atom is -0.484 e. The second-order valence-corrected chi connectivity index (χ2v) is 5.82. The van der Waals surface area contributed by atoms with Crippen LogP contribution in [0.5, 0.6) is 5.75 Å². The number of carbonyl (C=O) groups excluding carboxylic acids is 1.